The molecule has 0 spiro atoms. The molecule has 0 aliphatic heterocycles. The molecule has 5 heteroatoms. The minimum Gasteiger partial charge on any atom is -0.497 e. The molecule has 0 saturated heterocycles. The van der Waals surface area contributed by atoms with E-state index in [9.17, 15) is 8.78 Å². The number of hydrogen-bond donors (Lipinski definition) is 1. The minimum atomic E-state index is -0.575. The van der Waals surface area contributed by atoms with Crippen molar-refractivity contribution in [2.24, 2.45) is 0 Å². The monoisotopic (exact) mass is 281 g/mol. The van der Waals surface area contributed by atoms with E-state index in [1.807, 2.05) is 0 Å². The molecule has 0 aliphatic carbocycles. The fraction of sp³-hybridized carbons (Fsp3) is 0.143. The van der Waals surface area contributed by atoms with Gasteiger partial charge in [-0.1, -0.05) is 0 Å². The predicted octanol–water partition coefficient (Wildman–Crippen LogP) is 3.85. The van der Waals surface area contributed by atoms with Crippen molar-refractivity contribution < 1.29 is 13.5 Å². The third-order valence-electron chi connectivity index (χ3n) is 2.54. The Labute approximate surface area is 114 Å². The summed E-state index contributed by atoms with van der Waals surface area (Å²) < 4.78 is 31.2. The number of thioether (sulfide) groups is 1. The molecule has 0 heterocycles. The van der Waals surface area contributed by atoms with E-state index in [0.29, 0.717) is 22.8 Å². The maximum absolute atomic E-state index is 13.1. The summed E-state index contributed by atoms with van der Waals surface area (Å²) in [5.74, 6) is -0.0166. The van der Waals surface area contributed by atoms with Crippen LogP contribution >= 0.6 is 11.8 Å². The molecule has 0 aliphatic rings. The molecule has 0 saturated carbocycles. The van der Waals surface area contributed by atoms with Crippen LogP contribution < -0.4 is 10.5 Å². The van der Waals surface area contributed by atoms with Gasteiger partial charge in [0.05, 0.1) is 7.11 Å². The van der Waals surface area contributed by atoms with Gasteiger partial charge in [0.2, 0.25) is 0 Å². The molecule has 0 amide bonds. The molecular weight excluding hydrogens is 268 g/mol. The number of benzene rings is 2. The summed E-state index contributed by atoms with van der Waals surface area (Å²) in [4.78, 5) is 0.823. The highest BCUT2D eigenvalue weighted by atomic mass is 32.2. The summed E-state index contributed by atoms with van der Waals surface area (Å²) in [7, 11) is 1.57. The van der Waals surface area contributed by atoms with Crippen molar-refractivity contribution in [3.05, 3.63) is 53.6 Å². The van der Waals surface area contributed by atoms with Gasteiger partial charge in [-0.25, -0.2) is 8.78 Å². The normalized spacial score (nSPS) is 10.5. The molecular formula is C14H13F2NOS. The van der Waals surface area contributed by atoms with Crippen LogP contribution in [0, 0.1) is 11.6 Å². The van der Waals surface area contributed by atoms with Gasteiger partial charge in [0.15, 0.2) is 0 Å². The topological polar surface area (TPSA) is 35.2 Å². The Kier molecular flexibility index (Phi) is 4.27. The van der Waals surface area contributed by atoms with Crippen molar-refractivity contribution in [1.82, 2.24) is 0 Å². The Morgan fingerprint density at radius 1 is 1.11 bits per heavy atom. The average Bonchev–Trinajstić information content (AvgIpc) is 2.37. The summed E-state index contributed by atoms with van der Waals surface area (Å²) >= 11 is 1.41. The quantitative estimate of drug-likeness (QED) is 0.683. The van der Waals surface area contributed by atoms with E-state index >= 15 is 0 Å². The van der Waals surface area contributed by atoms with E-state index in [2.05, 4.69) is 0 Å². The molecule has 2 N–H and O–H groups in total. The summed E-state index contributed by atoms with van der Waals surface area (Å²) in [6.45, 7) is 0. The van der Waals surface area contributed by atoms with Gasteiger partial charge >= 0.3 is 0 Å². The van der Waals surface area contributed by atoms with Gasteiger partial charge in [-0.2, -0.15) is 0 Å². The zero-order chi connectivity index (χ0) is 13.8. The Balaban J connectivity index is 2.13. The second-order valence-corrected chi connectivity index (χ2v) is 4.99. The lowest BCUT2D eigenvalue weighted by Gasteiger charge is -2.08. The van der Waals surface area contributed by atoms with Crippen LogP contribution in [0.5, 0.6) is 5.75 Å². The molecule has 0 aromatic heterocycles. The lowest BCUT2D eigenvalue weighted by Crippen LogP contribution is -1.92. The highest BCUT2D eigenvalue weighted by Crippen LogP contribution is 2.31. The zero-order valence-electron chi connectivity index (χ0n) is 10.3. The number of halogens is 2. The molecule has 0 radical (unpaired) electrons. The minimum absolute atomic E-state index is 0.437. The van der Waals surface area contributed by atoms with E-state index in [1.54, 1.807) is 25.3 Å². The van der Waals surface area contributed by atoms with E-state index in [-0.39, 0.29) is 0 Å². The van der Waals surface area contributed by atoms with Crippen molar-refractivity contribution in [3.8, 4) is 5.75 Å². The first-order chi connectivity index (χ1) is 9.08. The maximum Gasteiger partial charge on any atom is 0.126 e. The van der Waals surface area contributed by atoms with Crippen LogP contribution in [0.1, 0.15) is 5.56 Å². The number of anilines is 1. The van der Waals surface area contributed by atoms with Crippen molar-refractivity contribution in [3.63, 3.8) is 0 Å². The lowest BCUT2D eigenvalue weighted by molar-refractivity contribution is 0.414. The third kappa shape index (κ3) is 3.61. The molecule has 2 nitrogen and oxygen atoms in total. The summed E-state index contributed by atoms with van der Waals surface area (Å²) in [6, 6.07) is 8.79. The lowest BCUT2D eigenvalue weighted by atomic mass is 10.2. The molecule has 2 aromatic carbocycles. The Morgan fingerprint density at radius 2 is 1.79 bits per heavy atom. The molecule has 0 bridgehead atoms. The number of rotatable bonds is 4. The Bertz CT molecular complexity index is 569. The largest absolute Gasteiger partial charge is 0.497 e. The second-order valence-electron chi connectivity index (χ2n) is 3.97. The fourth-order valence-corrected chi connectivity index (χ4v) is 2.55. The SMILES string of the molecule is COc1ccc(N)c(SCc2cc(F)cc(F)c2)c1. The summed E-state index contributed by atoms with van der Waals surface area (Å²) in [5.41, 5.74) is 7.03. The highest BCUT2D eigenvalue weighted by Gasteiger charge is 2.05. The molecule has 2 rings (SSSR count). The van der Waals surface area contributed by atoms with Crippen molar-refractivity contribution in [1.29, 1.82) is 0 Å². The van der Waals surface area contributed by atoms with Gasteiger partial charge in [0, 0.05) is 22.4 Å². The molecule has 19 heavy (non-hydrogen) atoms. The molecule has 0 unspecified atom stereocenters. The van der Waals surface area contributed by atoms with Gasteiger partial charge in [0.25, 0.3) is 0 Å². The first-order valence-corrected chi connectivity index (χ1v) is 6.58. The molecule has 0 fully saturated rings. The van der Waals surface area contributed by atoms with Crippen LogP contribution in [0.15, 0.2) is 41.3 Å². The number of ether oxygens (including phenoxy) is 1. The van der Waals surface area contributed by atoms with E-state index < -0.39 is 11.6 Å². The van der Waals surface area contributed by atoms with Gasteiger partial charge in [-0.15, -0.1) is 11.8 Å². The van der Waals surface area contributed by atoms with E-state index in [1.165, 1.54) is 23.9 Å². The number of nitrogens with two attached hydrogens (primary N) is 1. The highest BCUT2D eigenvalue weighted by molar-refractivity contribution is 7.98. The maximum atomic E-state index is 13.1. The molecule has 100 valence electrons. The van der Waals surface area contributed by atoms with Crippen LogP contribution in [0.25, 0.3) is 0 Å². The van der Waals surface area contributed by atoms with Gasteiger partial charge in [0.1, 0.15) is 17.4 Å². The average molecular weight is 281 g/mol. The Morgan fingerprint density at radius 3 is 2.42 bits per heavy atom. The fourth-order valence-electron chi connectivity index (χ4n) is 1.62. The Hall–Kier alpha value is -1.75. The smallest absolute Gasteiger partial charge is 0.126 e. The second kappa shape index (κ2) is 5.93. The van der Waals surface area contributed by atoms with E-state index in [0.717, 1.165) is 11.0 Å². The van der Waals surface area contributed by atoms with Crippen LogP contribution in [0.3, 0.4) is 0 Å². The third-order valence-corrected chi connectivity index (χ3v) is 3.68. The van der Waals surface area contributed by atoms with Gasteiger partial charge in [-0.05, 0) is 35.9 Å². The van der Waals surface area contributed by atoms with Crippen LogP contribution in [0.2, 0.25) is 0 Å². The van der Waals surface area contributed by atoms with Gasteiger partial charge < -0.3 is 10.5 Å². The summed E-state index contributed by atoms with van der Waals surface area (Å²) in [5, 5.41) is 0. The standard InChI is InChI=1S/C14H13F2NOS/c1-18-12-2-3-13(17)14(7-12)19-8-9-4-10(15)6-11(16)5-9/h2-7H,8,17H2,1H3. The molecule has 2 aromatic rings. The first kappa shape index (κ1) is 13.7. The number of nitrogen functional groups attached to an aromatic ring is 1. The zero-order valence-corrected chi connectivity index (χ0v) is 11.1. The summed E-state index contributed by atoms with van der Waals surface area (Å²) in [6.07, 6.45) is 0. The first-order valence-electron chi connectivity index (χ1n) is 5.60. The van der Waals surface area contributed by atoms with Crippen LogP contribution in [-0.2, 0) is 5.75 Å². The van der Waals surface area contributed by atoms with Crippen molar-refractivity contribution >= 4 is 17.4 Å². The molecule has 0 atom stereocenters. The van der Waals surface area contributed by atoms with Crippen molar-refractivity contribution in [2.75, 3.05) is 12.8 Å². The predicted molar refractivity (Wildman–Crippen MR) is 73.3 cm³/mol. The van der Waals surface area contributed by atoms with Crippen LogP contribution in [-0.4, -0.2) is 7.11 Å². The van der Waals surface area contributed by atoms with Gasteiger partial charge in [-0.3, -0.25) is 0 Å². The van der Waals surface area contributed by atoms with E-state index in [4.69, 9.17) is 10.5 Å². The number of hydrogen-bond acceptors (Lipinski definition) is 3. The number of methoxy groups -OCH3 is 1. The van der Waals surface area contributed by atoms with Crippen molar-refractivity contribution in [2.45, 2.75) is 10.6 Å². The van der Waals surface area contributed by atoms with Crippen LogP contribution in [0.4, 0.5) is 14.5 Å².